The number of rotatable bonds is 22. The molecule has 0 spiro atoms. The third-order valence-corrected chi connectivity index (χ3v) is 13.8. The number of carbonyl (C=O) groups is 2. The molecule has 0 saturated carbocycles. The number of hydrogen-bond donors (Lipinski definition) is 0. The fourth-order valence-electron chi connectivity index (χ4n) is 4.96. The monoisotopic (exact) mass is 1090 g/mol. The summed E-state index contributed by atoms with van der Waals surface area (Å²) in [4.78, 5) is 29.8. The summed E-state index contributed by atoms with van der Waals surface area (Å²) in [6.45, 7) is 5.88. The van der Waals surface area contributed by atoms with Crippen molar-refractivity contribution < 1.29 is 35.9 Å². The van der Waals surface area contributed by atoms with Crippen molar-refractivity contribution in [2.24, 2.45) is 0 Å². The highest BCUT2D eigenvalue weighted by Crippen LogP contribution is 2.39. The van der Waals surface area contributed by atoms with E-state index in [9.17, 15) is 26.4 Å². The first-order valence-electron chi connectivity index (χ1n) is 17.1. The van der Waals surface area contributed by atoms with Crippen molar-refractivity contribution in [3.8, 4) is 11.5 Å². The van der Waals surface area contributed by atoms with Crippen molar-refractivity contribution in [2.45, 2.75) is 75.0 Å². The molecule has 2 aromatic carbocycles. The maximum absolute atomic E-state index is 14.2. The van der Waals surface area contributed by atoms with Gasteiger partial charge in [-0.2, -0.15) is 8.61 Å². The van der Waals surface area contributed by atoms with Gasteiger partial charge in [-0.15, -0.1) is 24.8 Å². The van der Waals surface area contributed by atoms with Crippen LogP contribution in [0.1, 0.15) is 65.2 Å². The lowest BCUT2D eigenvalue weighted by Gasteiger charge is -2.25. The normalized spacial score (nSPS) is 11.9. The number of hydrogen-bond acceptors (Lipinski definition) is 10. The number of carbonyl (C=O) groups excluding carboxylic acids is 2. The van der Waals surface area contributed by atoms with Crippen LogP contribution in [0.15, 0.2) is 51.9 Å². The fourth-order valence-corrected chi connectivity index (χ4v) is 11.4. The quantitative estimate of drug-likeness (QED) is 0.0491. The Labute approximate surface area is 367 Å². The van der Waals surface area contributed by atoms with Crippen LogP contribution in [0.3, 0.4) is 0 Å². The van der Waals surface area contributed by atoms with E-state index in [1.165, 1.54) is 32.9 Å². The molecule has 0 heterocycles. The van der Waals surface area contributed by atoms with Gasteiger partial charge in [-0.25, -0.2) is 26.4 Å². The molecule has 0 saturated heterocycles. The minimum absolute atomic E-state index is 0. The molecule has 0 aromatic heterocycles. The zero-order chi connectivity index (χ0) is 39.2. The van der Waals surface area contributed by atoms with Crippen LogP contribution in [-0.2, 0) is 29.6 Å². The number of likely N-dealkylation sites (N-methyl/N-ethyl adjacent to an activating group) is 2. The number of benzene rings is 2. The Kier molecular flexibility index (Phi) is 25.7. The van der Waals surface area contributed by atoms with Gasteiger partial charge in [0.05, 0.1) is 8.95 Å². The molecule has 0 aliphatic heterocycles. The molecule has 0 radical (unpaired) electrons. The van der Waals surface area contributed by atoms with Crippen LogP contribution >= 0.6 is 88.5 Å². The lowest BCUT2D eigenvalue weighted by Crippen LogP contribution is -2.38. The molecule has 0 atom stereocenters. The maximum Gasteiger partial charge on any atom is 0.423 e. The van der Waals surface area contributed by atoms with Crippen molar-refractivity contribution in [2.75, 3.05) is 67.5 Å². The summed E-state index contributed by atoms with van der Waals surface area (Å²) in [5.74, 6) is -3.91. The zero-order valence-corrected chi connectivity index (χ0v) is 41.0. The largest absolute Gasteiger partial charge is 0.423 e. The van der Waals surface area contributed by atoms with Crippen molar-refractivity contribution in [1.29, 1.82) is 0 Å². The molecular weight excluding hydrogens is 1050 g/mol. The van der Waals surface area contributed by atoms with Crippen molar-refractivity contribution in [3.63, 3.8) is 0 Å². The second-order valence-corrected chi connectivity index (χ2v) is 20.1. The van der Waals surface area contributed by atoms with Gasteiger partial charge in [0.2, 0.25) is 20.0 Å². The van der Waals surface area contributed by atoms with Crippen molar-refractivity contribution in [1.82, 2.24) is 18.4 Å². The maximum atomic E-state index is 14.2. The smallest absolute Gasteiger partial charge is 0.415 e. The van der Waals surface area contributed by atoms with E-state index in [1.54, 1.807) is 0 Å². The van der Waals surface area contributed by atoms with Crippen molar-refractivity contribution >= 4 is 121 Å². The first kappa shape index (κ1) is 53.6. The second kappa shape index (κ2) is 25.9. The number of nitrogens with zero attached hydrogens (tertiary/aromatic N) is 4. The Morgan fingerprint density at radius 3 is 1.17 bits per heavy atom. The molecule has 20 heteroatoms. The first-order valence-corrected chi connectivity index (χ1v) is 23.1. The molecule has 0 unspecified atom stereocenters. The molecule has 0 aliphatic rings. The molecule has 54 heavy (non-hydrogen) atoms. The molecular formula is C34H52Br4Cl2N4O8S2. The molecule has 2 aromatic rings. The SMILES string of the molecule is CCCCCCN(CCN(C)C)S(=O)(=O)c1cc(Br)cc(Br)c1OC(=O)C(=O)Oc1c(Br)cc(Br)cc1S(=O)(=O)N(CCCCCC)CCN(C)C.Cl.Cl. The van der Waals surface area contributed by atoms with Crippen LogP contribution in [0.5, 0.6) is 11.5 Å². The highest BCUT2D eigenvalue weighted by atomic mass is 79.9. The summed E-state index contributed by atoms with van der Waals surface area (Å²) in [6, 6.07) is 5.58. The molecule has 0 aliphatic carbocycles. The summed E-state index contributed by atoms with van der Waals surface area (Å²) in [5, 5.41) is 0. The van der Waals surface area contributed by atoms with Gasteiger partial charge in [-0.1, -0.05) is 84.2 Å². The van der Waals surface area contributed by atoms with E-state index in [1.807, 2.05) is 38.0 Å². The Bertz CT molecular complexity index is 1610. The van der Waals surface area contributed by atoms with E-state index in [4.69, 9.17) is 9.47 Å². The average Bonchev–Trinajstić information content (AvgIpc) is 3.05. The number of sulfonamides is 2. The van der Waals surface area contributed by atoms with E-state index >= 15 is 0 Å². The van der Waals surface area contributed by atoms with E-state index in [0.717, 1.165) is 38.5 Å². The van der Waals surface area contributed by atoms with Gasteiger partial charge in [0, 0.05) is 48.2 Å². The topological polar surface area (TPSA) is 134 Å². The zero-order valence-electron chi connectivity index (χ0n) is 31.4. The van der Waals surface area contributed by atoms with Crippen LogP contribution in [0.25, 0.3) is 0 Å². The predicted octanol–water partition coefficient (Wildman–Crippen LogP) is 8.36. The van der Waals surface area contributed by atoms with Gasteiger partial charge in [0.25, 0.3) is 0 Å². The van der Waals surface area contributed by atoms with E-state index in [-0.39, 0.29) is 69.7 Å². The minimum Gasteiger partial charge on any atom is -0.415 e. The minimum atomic E-state index is -4.24. The van der Waals surface area contributed by atoms with Crippen LogP contribution in [0.2, 0.25) is 0 Å². The van der Waals surface area contributed by atoms with Crippen LogP contribution in [-0.4, -0.2) is 115 Å². The summed E-state index contributed by atoms with van der Waals surface area (Å²) in [7, 11) is -1.13. The van der Waals surface area contributed by atoms with Gasteiger partial charge in [0.15, 0.2) is 11.5 Å². The predicted molar refractivity (Wildman–Crippen MR) is 232 cm³/mol. The van der Waals surface area contributed by atoms with Gasteiger partial charge in [-0.05, 0) is 97.2 Å². The Hall–Kier alpha value is -0.380. The number of unbranched alkanes of at least 4 members (excludes halogenated alkanes) is 6. The number of halogens is 6. The summed E-state index contributed by atoms with van der Waals surface area (Å²) in [5.41, 5.74) is 0. The number of esters is 2. The lowest BCUT2D eigenvalue weighted by atomic mass is 10.2. The summed E-state index contributed by atoms with van der Waals surface area (Å²) < 4.78 is 71.2. The lowest BCUT2D eigenvalue weighted by molar-refractivity contribution is -0.156. The summed E-state index contributed by atoms with van der Waals surface area (Å²) in [6.07, 6.45) is 6.84. The third-order valence-electron chi connectivity index (χ3n) is 7.86. The van der Waals surface area contributed by atoms with Crippen LogP contribution in [0, 0.1) is 0 Å². The van der Waals surface area contributed by atoms with Gasteiger partial charge in [-0.3, -0.25) is 0 Å². The fraction of sp³-hybridized carbons (Fsp3) is 0.588. The standard InChI is InChI=1S/C34H50Br4N4O8S2.2ClH/c1-7-9-11-13-15-41(19-17-39(3)4)51(45,46)29-23-25(35)21-27(37)31(29)49-33(43)34(44)50-32-28(38)22-26(36)24-30(32)52(47,48)42(20-18-40(5)6)16-14-12-10-8-2;;/h21-24H,7-20H2,1-6H3;2*1H. The molecule has 2 rings (SSSR count). The van der Waals surface area contributed by atoms with Crippen LogP contribution in [0.4, 0.5) is 0 Å². The number of ether oxygens (including phenoxy) is 2. The van der Waals surface area contributed by atoms with Crippen LogP contribution < -0.4 is 9.47 Å². The van der Waals surface area contributed by atoms with Gasteiger partial charge >= 0.3 is 11.9 Å². The Balaban J connectivity index is 0.0000140. The Morgan fingerprint density at radius 1 is 0.537 bits per heavy atom. The molecule has 0 N–H and O–H groups in total. The summed E-state index contributed by atoms with van der Waals surface area (Å²) >= 11 is 13.3. The van der Waals surface area contributed by atoms with E-state index in [2.05, 4.69) is 77.6 Å². The molecule has 310 valence electrons. The van der Waals surface area contributed by atoms with Gasteiger partial charge in [0.1, 0.15) is 9.79 Å². The second-order valence-electron chi connectivity index (χ2n) is 12.7. The molecule has 12 nitrogen and oxygen atoms in total. The van der Waals surface area contributed by atoms with E-state index < -0.39 is 43.5 Å². The molecule has 0 bridgehead atoms. The third kappa shape index (κ3) is 16.5. The Morgan fingerprint density at radius 2 is 0.870 bits per heavy atom. The van der Waals surface area contributed by atoms with E-state index in [0.29, 0.717) is 34.9 Å². The van der Waals surface area contributed by atoms with Gasteiger partial charge < -0.3 is 19.3 Å². The highest BCUT2D eigenvalue weighted by Gasteiger charge is 2.35. The average molecular weight is 1100 g/mol. The first-order chi connectivity index (χ1) is 24.4. The highest BCUT2D eigenvalue weighted by molar-refractivity contribution is 9.11. The van der Waals surface area contributed by atoms with Crippen molar-refractivity contribution in [3.05, 3.63) is 42.2 Å². The molecule has 0 fully saturated rings. The molecule has 0 amide bonds.